The smallest absolute Gasteiger partial charge is 0.336 e. The Bertz CT molecular complexity index is 996. The number of nitrogens with zero attached hydrogens (tertiary/aromatic N) is 1. The topological polar surface area (TPSA) is 99.0 Å². The van der Waals surface area contributed by atoms with Gasteiger partial charge in [-0.2, -0.15) is 5.10 Å². The van der Waals surface area contributed by atoms with Gasteiger partial charge >= 0.3 is 5.97 Å². The number of rotatable bonds is 4. The molecule has 0 aliphatic heterocycles. The van der Waals surface area contributed by atoms with E-state index in [9.17, 15) is 14.7 Å². The minimum atomic E-state index is -1.08. The van der Waals surface area contributed by atoms with Crippen molar-refractivity contribution in [1.29, 1.82) is 0 Å². The van der Waals surface area contributed by atoms with Gasteiger partial charge in [0.05, 0.1) is 17.3 Å². The van der Waals surface area contributed by atoms with Gasteiger partial charge in [-0.3, -0.25) is 4.79 Å². The fourth-order valence-corrected chi connectivity index (χ4v) is 2.44. The Balaban J connectivity index is 1.81. The number of hydrazone groups is 1. The van der Waals surface area contributed by atoms with Crippen LogP contribution in [0.15, 0.2) is 65.8 Å². The van der Waals surface area contributed by atoms with Gasteiger partial charge in [-0.25, -0.2) is 10.2 Å². The molecule has 6 nitrogen and oxygen atoms in total. The first-order valence-electron chi connectivity index (χ1n) is 7.44. The van der Waals surface area contributed by atoms with E-state index in [0.29, 0.717) is 5.56 Å². The zero-order valence-corrected chi connectivity index (χ0v) is 13.0. The third kappa shape index (κ3) is 3.48. The van der Waals surface area contributed by atoms with E-state index in [1.807, 2.05) is 24.3 Å². The van der Waals surface area contributed by atoms with Crippen LogP contribution in [0.5, 0.6) is 5.75 Å². The number of phenolic OH excluding ortho intramolecular Hbond substituents is 1. The van der Waals surface area contributed by atoms with Crippen LogP contribution in [0.4, 0.5) is 0 Å². The van der Waals surface area contributed by atoms with Crippen LogP contribution >= 0.6 is 0 Å². The number of carbonyl (C=O) groups is 2. The van der Waals surface area contributed by atoms with E-state index in [1.165, 1.54) is 18.3 Å². The molecule has 0 aliphatic rings. The maximum Gasteiger partial charge on any atom is 0.336 e. The molecule has 3 aromatic carbocycles. The number of carboxylic acids is 1. The number of hydrogen-bond acceptors (Lipinski definition) is 4. The zero-order valence-electron chi connectivity index (χ0n) is 13.0. The third-order valence-electron chi connectivity index (χ3n) is 3.67. The average molecular weight is 334 g/mol. The van der Waals surface area contributed by atoms with Crippen molar-refractivity contribution in [2.75, 3.05) is 0 Å². The molecule has 0 radical (unpaired) electrons. The number of amides is 1. The normalized spacial score (nSPS) is 10.9. The fraction of sp³-hybridized carbons (Fsp3) is 0. The van der Waals surface area contributed by atoms with Crippen LogP contribution in [-0.2, 0) is 0 Å². The molecule has 0 aromatic heterocycles. The van der Waals surface area contributed by atoms with Crippen LogP contribution in [0, 0.1) is 0 Å². The van der Waals surface area contributed by atoms with Crippen molar-refractivity contribution in [3.63, 3.8) is 0 Å². The number of carboxylic acid groups (broad SMARTS) is 1. The molecule has 0 heterocycles. The van der Waals surface area contributed by atoms with E-state index in [4.69, 9.17) is 5.11 Å². The first kappa shape index (κ1) is 16.2. The number of hydrogen-bond donors (Lipinski definition) is 3. The summed E-state index contributed by atoms with van der Waals surface area (Å²) in [5, 5.41) is 24.5. The molecule has 3 aromatic rings. The Kier molecular flexibility index (Phi) is 4.43. The molecule has 0 atom stereocenters. The van der Waals surface area contributed by atoms with Gasteiger partial charge in [0, 0.05) is 5.56 Å². The minimum Gasteiger partial charge on any atom is -0.507 e. The molecular formula is C19H14N2O4. The van der Waals surface area contributed by atoms with E-state index >= 15 is 0 Å². The summed E-state index contributed by atoms with van der Waals surface area (Å²) >= 11 is 0. The van der Waals surface area contributed by atoms with Crippen molar-refractivity contribution in [2.45, 2.75) is 0 Å². The zero-order chi connectivity index (χ0) is 17.8. The predicted octanol–water partition coefficient (Wildman–Crippen LogP) is 3.01. The predicted molar refractivity (Wildman–Crippen MR) is 94.1 cm³/mol. The molecule has 3 N–H and O–H groups in total. The lowest BCUT2D eigenvalue weighted by Crippen LogP contribution is -2.18. The lowest BCUT2D eigenvalue weighted by atomic mass is 10.1. The highest BCUT2D eigenvalue weighted by molar-refractivity contribution is 6.02. The van der Waals surface area contributed by atoms with Gasteiger partial charge in [0.25, 0.3) is 5.91 Å². The highest BCUT2D eigenvalue weighted by Gasteiger charge is 2.12. The first-order valence-corrected chi connectivity index (χ1v) is 7.44. The van der Waals surface area contributed by atoms with Crippen LogP contribution in [0.3, 0.4) is 0 Å². The van der Waals surface area contributed by atoms with Crippen molar-refractivity contribution in [3.05, 3.63) is 77.4 Å². The molecular weight excluding hydrogens is 320 g/mol. The lowest BCUT2D eigenvalue weighted by molar-refractivity contribution is 0.0696. The summed E-state index contributed by atoms with van der Waals surface area (Å²) in [7, 11) is 0. The average Bonchev–Trinajstić information content (AvgIpc) is 2.61. The summed E-state index contributed by atoms with van der Waals surface area (Å²) < 4.78 is 0. The molecule has 0 aliphatic carbocycles. The number of benzene rings is 3. The summed E-state index contributed by atoms with van der Waals surface area (Å²) in [6.07, 6.45) is 1.25. The molecule has 0 saturated heterocycles. The van der Waals surface area contributed by atoms with Gasteiger partial charge in [0.2, 0.25) is 0 Å². The van der Waals surface area contributed by atoms with Crippen molar-refractivity contribution < 1.29 is 19.8 Å². The Hall–Kier alpha value is -3.67. The minimum absolute atomic E-state index is 0.0778. The second-order valence-corrected chi connectivity index (χ2v) is 5.31. The van der Waals surface area contributed by atoms with Crippen molar-refractivity contribution in [1.82, 2.24) is 5.43 Å². The summed E-state index contributed by atoms with van der Waals surface area (Å²) in [5.41, 5.74) is 2.82. The second-order valence-electron chi connectivity index (χ2n) is 5.31. The number of aromatic hydroxyl groups is 1. The van der Waals surface area contributed by atoms with Gasteiger partial charge in [0.1, 0.15) is 5.75 Å². The number of phenols is 1. The molecule has 3 rings (SSSR count). The van der Waals surface area contributed by atoms with Gasteiger partial charge in [-0.05, 0) is 29.0 Å². The number of fused-ring (bicyclic) bond motifs is 1. The van der Waals surface area contributed by atoms with Gasteiger partial charge in [-0.15, -0.1) is 0 Å². The van der Waals surface area contributed by atoms with E-state index < -0.39 is 11.9 Å². The molecule has 124 valence electrons. The van der Waals surface area contributed by atoms with E-state index in [2.05, 4.69) is 10.5 Å². The maximum absolute atomic E-state index is 12.2. The molecule has 0 unspecified atom stereocenters. The summed E-state index contributed by atoms with van der Waals surface area (Å²) in [4.78, 5) is 23.3. The quantitative estimate of drug-likeness (QED) is 0.504. The second kappa shape index (κ2) is 6.84. The van der Waals surface area contributed by atoms with E-state index in [1.54, 1.807) is 24.3 Å². The molecule has 0 spiro atoms. The summed E-state index contributed by atoms with van der Waals surface area (Å²) in [6, 6.07) is 16.7. The van der Waals surface area contributed by atoms with Gasteiger partial charge in [-0.1, -0.05) is 42.5 Å². The number of nitrogens with one attached hydrogen (secondary N) is 1. The van der Waals surface area contributed by atoms with Crippen LogP contribution < -0.4 is 5.43 Å². The van der Waals surface area contributed by atoms with Gasteiger partial charge in [0.15, 0.2) is 0 Å². The molecule has 0 saturated carbocycles. The highest BCUT2D eigenvalue weighted by atomic mass is 16.4. The Labute approximate surface area is 143 Å². The number of carbonyl (C=O) groups excluding carboxylic acids is 1. The summed E-state index contributed by atoms with van der Waals surface area (Å²) in [6.45, 7) is 0. The molecule has 6 heteroatoms. The molecule has 1 amide bonds. The number of aromatic carboxylic acids is 1. The van der Waals surface area contributed by atoms with Crippen LogP contribution in [-0.4, -0.2) is 28.3 Å². The van der Waals surface area contributed by atoms with E-state index in [0.717, 1.165) is 10.8 Å². The Morgan fingerprint density at radius 2 is 1.56 bits per heavy atom. The SMILES string of the molecule is O=C(NN=Cc1ccccc1C(=O)O)c1cc2ccccc2cc1O. The van der Waals surface area contributed by atoms with E-state index in [-0.39, 0.29) is 16.9 Å². The Morgan fingerprint density at radius 3 is 2.28 bits per heavy atom. The molecule has 0 bridgehead atoms. The monoisotopic (exact) mass is 334 g/mol. The highest BCUT2D eigenvalue weighted by Crippen LogP contribution is 2.24. The van der Waals surface area contributed by atoms with Gasteiger partial charge < -0.3 is 10.2 Å². The largest absolute Gasteiger partial charge is 0.507 e. The van der Waals surface area contributed by atoms with Crippen LogP contribution in [0.25, 0.3) is 10.8 Å². The standard InChI is InChI=1S/C19H14N2O4/c22-17-10-13-6-2-1-5-12(13)9-16(17)18(23)21-20-11-14-7-3-4-8-15(14)19(24)25/h1-11,22H,(H,21,23)(H,24,25). The van der Waals surface area contributed by atoms with Crippen molar-refractivity contribution in [2.24, 2.45) is 5.10 Å². The molecule has 25 heavy (non-hydrogen) atoms. The Morgan fingerprint density at radius 1 is 0.920 bits per heavy atom. The lowest BCUT2D eigenvalue weighted by Gasteiger charge is -2.06. The van der Waals surface area contributed by atoms with Crippen LogP contribution in [0.1, 0.15) is 26.3 Å². The fourth-order valence-electron chi connectivity index (χ4n) is 2.44. The maximum atomic E-state index is 12.2. The third-order valence-corrected chi connectivity index (χ3v) is 3.67. The van der Waals surface area contributed by atoms with Crippen LogP contribution in [0.2, 0.25) is 0 Å². The molecule has 0 fully saturated rings. The summed E-state index contributed by atoms with van der Waals surface area (Å²) in [5.74, 6) is -1.83. The van der Waals surface area contributed by atoms with Crippen molar-refractivity contribution in [3.8, 4) is 5.75 Å². The van der Waals surface area contributed by atoms with Crippen molar-refractivity contribution >= 4 is 28.9 Å². The first-order chi connectivity index (χ1) is 12.1.